The summed E-state index contributed by atoms with van der Waals surface area (Å²) in [5.74, 6) is -0.674. The van der Waals surface area contributed by atoms with Gasteiger partial charge in [-0.25, -0.2) is 4.79 Å². The molecule has 1 atom stereocenters. The van der Waals surface area contributed by atoms with Crippen molar-refractivity contribution < 1.29 is 24.0 Å². The zero-order chi connectivity index (χ0) is 21.6. The average Bonchev–Trinajstić information content (AvgIpc) is 2.72. The number of nitro benzene ring substituents is 1. The van der Waals surface area contributed by atoms with Crippen LogP contribution in [0, 0.1) is 10.1 Å². The van der Waals surface area contributed by atoms with Gasteiger partial charge in [0.05, 0.1) is 18.6 Å². The number of methoxy groups -OCH3 is 1. The third-order valence-corrected chi connectivity index (χ3v) is 4.56. The van der Waals surface area contributed by atoms with E-state index in [4.69, 9.17) is 9.47 Å². The third kappa shape index (κ3) is 8.93. The molecular formula is C21H32N2O6. The lowest BCUT2D eigenvalue weighted by Crippen LogP contribution is -2.43. The van der Waals surface area contributed by atoms with Crippen LogP contribution in [0.1, 0.15) is 64.4 Å². The van der Waals surface area contributed by atoms with E-state index in [1.165, 1.54) is 38.5 Å². The second-order valence-electron chi connectivity index (χ2n) is 6.88. The summed E-state index contributed by atoms with van der Waals surface area (Å²) in [4.78, 5) is 35.0. The van der Waals surface area contributed by atoms with E-state index < -0.39 is 16.9 Å². The molecule has 0 aliphatic heterocycles. The van der Waals surface area contributed by atoms with Gasteiger partial charge >= 0.3 is 11.7 Å². The van der Waals surface area contributed by atoms with Crippen molar-refractivity contribution >= 4 is 17.6 Å². The van der Waals surface area contributed by atoms with E-state index in [0.29, 0.717) is 12.2 Å². The highest BCUT2D eigenvalue weighted by Crippen LogP contribution is 2.28. The molecule has 0 saturated carbocycles. The maximum Gasteiger partial charge on any atom is 0.328 e. The van der Waals surface area contributed by atoms with Crippen LogP contribution >= 0.6 is 0 Å². The lowest BCUT2D eigenvalue weighted by atomic mass is 10.0. The summed E-state index contributed by atoms with van der Waals surface area (Å²) >= 11 is 0. The normalized spacial score (nSPS) is 11.6. The Morgan fingerprint density at radius 3 is 2.45 bits per heavy atom. The Labute approximate surface area is 172 Å². The first-order valence-electron chi connectivity index (χ1n) is 10.2. The van der Waals surface area contributed by atoms with Crippen LogP contribution in [0.15, 0.2) is 18.2 Å². The van der Waals surface area contributed by atoms with Gasteiger partial charge in [0.25, 0.3) is 0 Å². The van der Waals surface area contributed by atoms with Crippen LogP contribution in [0.3, 0.4) is 0 Å². The van der Waals surface area contributed by atoms with Gasteiger partial charge in [0, 0.05) is 18.9 Å². The standard InChI is InChI=1S/C21H32N2O6/c1-4-6-7-8-9-10-13-29-21(25)17(22-20(24)5-2)14-16-11-12-19(28-3)18(15-16)23(26)27/h11-12,15,17H,4-10,13-14H2,1-3H3,(H,22,24). The molecule has 162 valence electrons. The lowest BCUT2D eigenvalue weighted by molar-refractivity contribution is -0.385. The predicted molar refractivity (Wildman–Crippen MR) is 110 cm³/mol. The molecular weight excluding hydrogens is 376 g/mol. The van der Waals surface area contributed by atoms with Gasteiger partial charge in [-0.15, -0.1) is 0 Å². The number of nitrogens with one attached hydrogen (secondary N) is 1. The number of amides is 1. The topological polar surface area (TPSA) is 108 Å². The van der Waals surface area contributed by atoms with Crippen molar-refractivity contribution in [3.8, 4) is 5.75 Å². The number of ether oxygens (including phenoxy) is 2. The SMILES string of the molecule is CCCCCCCCOC(=O)C(Cc1ccc(OC)c([N+](=O)[O-])c1)NC(=O)CC. The second-order valence-corrected chi connectivity index (χ2v) is 6.88. The van der Waals surface area contributed by atoms with E-state index >= 15 is 0 Å². The summed E-state index contributed by atoms with van der Waals surface area (Å²) in [6.45, 7) is 4.14. The van der Waals surface area contributed by atoms with Gasteiger partial charge in [-0.2, -0.15) is 0 Å². The Kier molecular flexibility index (Phi) is 11.4. The number of hydrogen-bond donors (Lipinski definition) is 1. The largest absolute Gasteiger partial charge is 0.490 e. The predicted octanol–water partition coefficient (Wildman–Crippen LogP) is 3.94. The van der Waals surface area contributed by atoms with Crippen LogP contribution in [0.2, 0.25) is 0 Å². The lowest BCUT2D eigenvalue weighted by Gasteiger charge is -2.18. The highest BCUT2D eigenvalue weighted by atomic mass is 16.6. The maximum atomic E-state index is 12.5. The number of carbonyl (C=O) groups excluding carboxylic acids is 2. The molecule has 0 aliphatic carbocycles. The van der Waals surface area contributed by atoms with Crippen LogP contribution in [-0.4, -0.2) is 36.6 Å². The van der Waals surface area contributed by atoms with Crippen LogP contribution in [0.4, 0.5) is 5.69 Å². The van der Waals surface area contributed by atoms with E-state index in [1.54, 1.807) is 13.0 Å². The Morgan fingerprint density at radius 1 is 1.14 bits per heavy atom. The zero-order valence-electron chi connectivity index (χ0n) is 17.6. The van der Waals surface area contributed by atoms with Crippen molar-refractivity contribution in [1.29, 1.82) is 0 Å². The first-order valence-corrected chi connectivity index (χ1v) is 10.2. The van der Waals surface area contributed by atoms with Crippen LogP contribution in [0.5, 0.6) is 5.75 Å². The molecule has 0 aromatic heterocycles. The zero-order valence-corrected chi connectivity index (χ0v) is 17.6. The van der Waals surface area contributed by atoms with Crippen molar-refractivity contribution in [2.75, 3.05) is 13.7 Å². The molecule has 0 aliphatic rings. The maximum absolute atomic E-state index is 12.5. The summed E-state index contributed by atoms with van der Waals surface area (Å²) in [6.07, 6.45) is 6.76. The van der Waals surface area contributed by atoms with Crippen LogP contribution < -0.4 is 10.1 Å². The summed E-state index contributed by atoms with van der Waals surface area (Å²) in [5, 5.41) is 13.9. The third-order valence-electron chi connectivity index (χ3n) is 4.56. The van der Waals surface area contributed by atoms with Crippen molar-refractivity contribution in [1.82, 2.24) is 5.32 Å². The first kappa shape index (κ1) is 24.4. The minimum Gasteiger partial charge on any atom is -0.490 e. The second kappa shape index (κ2) is 13.5. The van der Waals surface area contributed by atoms with E-state index in [-0.39, 0.29) is 30.2 Å². The van der Waals surface area contributed by atoms with Gasteiger partial charge < -0.3 is 14.8 Å². The number of rotatable bonds is 14. The molecule has 0 bridgehead atoms. The van der Waals surface area contributed by atoms with Crippen LogP contribution in [-0.2, 0) is 20.7 Å². The molecule has 1 rings (SSSR count). The molecule has 0 heterocycles. The molecule has 0 radical (unpaired) electrons. The molecule has 29 heavy (non-hydrogen) atoms. The van der Waals surface area contributed by atoms with Gasteiger partial charge in [-0.05, 0) is 18.1 Å². The van der Waals surface area contributed by atoms with Gasteiger partial charge in [0.1, 0.15) is 6.04 Å². The smallest absolute Gasteiger partial charge is 0.328 e. The molecule has 1 aromatic carbocycles. The molecule has 8 nitrogen and oxygen atoms in total. The van der Waals surface area contributed by atoms with Crippen molar-refractivity contribution in [2.45, 2.75) is 71.3 Å². The highest BCUT2D eigenvalue weighted by molar-refractivity contribution is 5.84. The van der Waals surface area contributed by atoms with E-state index in [1.807, 2.05) is 0 Å². The first-order chi connectivity index (χ1) is 13.9. The van der Waals surface area contributed by atoms with E-state index in [2.05, 4.69) is 12.2 Å². The van der Waals surface area contributed by atoms with E-state index in [9.17, 15) is 19.7 Å². The molecule has 1 amide bonds. The number of unbranched alkanes of at least 4 members (excludes halogenated alkanes) is 5. The highest BCUT2D eigenvalue weighted by Gasteiger charge is 2.24. The summed E-state index contributed by atoms with van der Waals surface area (Å²) < 4.78 is 10.3. The van der Waals surface area contributed by atoms with Gasteiger partial charge in [-0.1, -0.05) is 52.0 Å². The van der Waals surface area contributed by atoms with Gasteiger partial charge in [0.15, 0.2) is 5.75 Å². The van der Waals surface area contributed by atoms with Crippen molar-refractivity contribution in [3.63, 3.8) is 0 Å². The molecule has 0 fully saturated rings. The number of carbonyl (C=O) groups is 2. The monoisotopic (exact) mass is 408 g/mol. The molecule has 0 spiro atoms. The molecule has 0 saturated heterocycles. The van der Waals surface area contributed by atoms with E-state index in [0.717, 1.165) is 19.3 Å². The Balaban J connectivity index is 2.72. The Morgan fingerprint density at radius 2 is 1.83 bits per heavy atom. The number of nitrogens with zero attached hydrogens (tertiary/aromatic N) is 1. The number of benzene rings is 1. The fourth-order valence-corrected chi connectivity index (χ4v) is 2.89. The Bertz CT molecular complexity index is 677. The number of esters is 1. The Hall–Kier alpha value is -2.64. The fraction of sp³-hybridized carbons (Fsp3) is 0.619. The summed E-state index contributed by atoms with van der Waals surface area (Å²) in [7, 11) is 1.35. The minimum absolute atomic E-state index is 0.103. The molecule has 1 unspecified atom stereocenters. The van der Waals surface area contributed by atoms with Gasteiger partial charge in [0.2, 0.25) is 5.91 Å². The quantitative estimate of drug-likeness (QED) is 0.216. The molecule has 8 heteroatoms. The number of hydrogen-bond acceptors (Lipinski definition) is 6. The van der Waals surface area contributed by atoms with Gasteiger partial charge in [-0.3, -0.25) is 14.9 Å². The number of nitro groups is 1. The molecule has 1 aromatic rings. The fourth-order valence-electron chi connectivity index (χ4n) is 2.89. The van der Waals surface area contributed by atoms with Crippen LogP contribution in [0.25, 0.3) is 0 Å². The van der Waals surface area contributed by atoms with Crippen molar-refractivity contribution in [3.05, 3.63) is 33.9 Å². The van der Waals surface area contributed by atoms with Crippen molar-refractivity contribution in [2.24, 2.45) is 0 Å². The molecule has 1 N–H and O–H groups in total. The minimum atomic E-state index is -0.893. The summed E-state index contributed by atoms with van der Waals surface area (Å²) in [6, 6.07) is 3.58. The summed E-state index contributed by atoms with van der Waals surface area (Å²) in [5.41, 5.74) is 0.349. The average molecular weight is 408 g/mol.